The maximum Gasteiger partial charge on any atom is 0.257 e. The van der Waals surface area contributed by atoms with Crippen molar-refractivity contribution in [1.82, 2.24) is 19.6 Å². The van der Waals surface area contributed by atoms with Gasteiger partial charge in [-0.15, -0.1) is 0 Å². The zero-order chi connectivity index (χ0) is 18.4. The van der Waals surface area contributed by atoms with Crippen molar-refractivity contribution in [1.29, 1.82) is 0 Å². The minimum atomic E-state index is -0.00196. The van der Waals surface area contributed by atoms with Gasteiger partial charge >= 0.3 is 0 Å². The number of rotatable bonds is 7. The molecule has 2 aromatic carbocycles. The zero-order valence-corrected chi connectivity index (χ0v) is 15.2. The van der Waals surface area contributed by atoms with E-state index in [1.807, 2.05) is 79.7 Å². The summed E-state index contributed by atoms with van der Waals surface area (Å²) in [7, 11) is 4.03. The number of carbonyl (C=O) groups is 1. The van der Waals surface area contributed by atoms with Crippen LogP contribution in [0, 0.1) is 0 Å². The Morgan fingerprint density at radius 3 is 2.27 bits per heavy atom. The van der Waals surface area contributed by atoms with E-state index in [2.05, 4.69) is 10.00 Å². The van der Waals surface area contributed by atoms with E-state index in [9.17, 15) is 4.79 Å². The summed E-state index contributed by atoms with van der Waals surface area (Å²) in [5.74, 6) is -0.00196. The summed E-state index contributed by atoms with van der Waals surface area (Å²) in [5, 5.41) is 4.35. The van der Waals surface area contributed by atoms with Crippen molar-refractivity contribution in [2.45, 2.75) is 6.54 Å². The first kappa shape index (κ1) is 17.9. The highest BCUT2D eigenvalue weighted by Gasteiger charge is 2.18. The maximum absolute atomic E-state index is 13.1. The van der Waals surface area contributed by atoms with Crippen LogP contribution in [-0.4, -0.2) is 52.7 Å². The average Bonchev–Trinajstić information content (AvgIpc) is 3.16. The molecule has 0 unspecified atom stereocenters. The highest BCUT2D eigenvalue weighted by molar-refractivity contribution is 5.93. The molecule has 0 aliphatic heterocycles. The molecule has 1 heterocycles. The van der Waals surface area contributed by atoms with Crippen LogP contribution in [-0.2, 0) is 6.54 Å². The van der Waals surface area contributed by atoms with E-state index in [0.717, 1.165) is 17.8 Å². The Kier molecular flexibility index (Phi) is 5.81. The Bertz CT molecular complexity index is 827. The van der Waals surface area contributed by atoms with Crippen molar-refractivity contribution in [3.8, 4) is 5.69 Å². The molecule has 3 aromatic rings. The van der Waals surface area contributed by atoms with E-state index in [1.54, 1.807) is 17.1 Å². The van der Waals surface area contributed by atoms with Crippen LogP contribution in [0.15, 0.2) is 73.1 Å². The second-order valence-electron chi connectivity index (χ2n) is 6.52. The van der Waals surface area contributed by atoms with Crippen molar-refractivity contribution in [2.24, 2.45) is 0 Å². The molecule has 0 radical (unpaired) electrons. The lowest BCUT2D eigenvalue weighted by molar-refractivity contribution is 0.0732. The van der Waals surface area contributed by atoms with Crippen LogP contribution in [0.2, 0.25) is 0 Å². The summed E-state index contributed by atoms with van der Waals surface area (Å²) in [5.41, 5.74) is 2.66. The minimum absolute atomic E-state index is 0.00196. The average molecular weight is 348 g/mol. The first-order valence-electron chi connectivity index (χ1n) is 8.71. The summed E-state index contributed by atoms with van der Waals surface area (Å²) < 4.78 is 1.74. The molecule has 3 rings (SSSR count). The Morgan fingerprint density at radius 1 is 0.962 bits per heavy atom. The second-order valence-corrected chi connectivity index (χ2v) is 6.52. The fraction of sp³-hybridized carbons (Fsp3) is 0.238. The van der Waals surface area contributed by atoms with Crippen LogP contribution in [0.25, 0.3) is 5.69 Å². The first-order valence-corrected chi connectivity index (χ1v) is 8.71. The molecule has 1 amide bonds. The molecule has 134 valence electrons. The molecular weight excluding hydrogens is 324 g/mol. The summed E-state index contributed by atoms with van der Waals surface area (Å²) in [6.45, 7) is 2.06. The van der Waals surface area contributed by atoms with E-state index in [0.29, 0.717) is 18.7 Å². The summed E-state index contributed by atoms with van der Waals surface area (Å²) in [4.78, 5) is 17.0. The molecule has 0 bridgehead atoms. The van der Waals surface area contributed by atoms with Crippen LogP contribution in [0.4, 0.5) is 0 Å². The SMILES string of the molecule is CN(C)CCN(Cc1ccccc1)C(=O)c1cnn(-c2ccccc2)c1. The van der Waals surface area contributed by atoms with Crippen LogP contribution >= 0.6 is 0 Å². The number of para-hydroxylation sites is 1. The number of nitrogens with zero attached hydrogens (tertiary/aromatic N) is 4. The Morgan fingerprint density at radius 2 is 1.62 bits per heavy atom. The monoisotopic (exact) mass is 348 g/mol. The molecule has 0 aliphatic carbocycles. The van der Waals surface area contributed by atoms with Crippen molar-refractivity contribution >= 4 is 5.91 Å². The lowest BCUT2D eigenvalue weighted by Gasteiger charge is -2.24. The number of hydrogen-bond donors (Lipinski definition) is 0. The number of aromatic nitrogens is 2. The number of benzene rings is 2. The fourth-order valence-electron chi connectivity index (χ4n) is 2.71. The van der Waals surface area contributed by atoms with Crippen molar-refractivity contribution in [3.05, 3.63) is 84.2 Å². The second kappa shape index (κ2) is 8.45. The molecule has 0 saturated heterocycles. The molecular formula is C21H24N4O. The highest BCUT2D eigenvalue weighted by atomic mass is 16.2. The highest BCUT2D eigenvalue weighted by Crippen LogP contribution is 2.12. The summed E-state index contributed by atoms with van der Waals surface area (Å²) >= 11 is 0. The number of likely N-dealkylation sites (N-methyl/N-ethyl adjacent to an activating group) is 1. The van der Waals surface area contributed by atoms with E-state index in [4.69, 9.17) is 0 Å². The topological polar surface area (TPSA) is 41.4 Å². The Labute approximate surface area is 154 Å². The molecule has 0 atom stereocenters. The third-order valence-electron chi connectivity index (χ3n) is 4.17. The Balaban J connectivity index is 1.79. The van der Waals surface area contributed by atoms with Gasteiger partial charge in [0.05, 0.1) is 17.4 Å². The molecule has 5 nitrogen and oxygen atoms in total. The maximum atomic E-state index is 13.1. The van der Waals surface area contributed by atoms with Crippen molar-refractivity contribution < 1.29 is 4.79 Å². The molecule has 0 aliphatic rings. The molecule has 1 aromatic heterocycles. The van der Waals surface area contributed by atoms with Gasteiger partial charge in [0.25, 0.3) is 5.91 Å². The lowest BCUT2D eigenvalue weighted by Crippen LogP contribution is -2.36. The standard InChI is InChI=1S/C21H24N4O/c1-23(2)13-14-24(16-18-9-5-3-6-10-18)21(26)19-15-22-25(17-19)20-11-7-4-8-12-20/h3-12,15,17H,13-14,16H2,1-2H3. The fourth-order valence-corrected chi connectivity index (χ4v) is 2.71. The van der Waals surface area contributed by atoms with E-state index < -0.39 is 0 Å². The van der Waals surface area contributed by atoms with Gasteiger partial charge in [-0.1, -0.05) is 48.5 Å². The van der Waals surface area contributed by atoms with E-state index in [-0.39, 0.29) is 5.91 Å². The molecule has 26 heavy (non-hydrogen) atoms. The van der Waals surface area contributed by atoms with Crippen LogP contribution in [0.3, 0.4) is 0 Å². The lowest BCUT2D eigenvalue weighted by atomic mass is 10.2. The number of carbonyl (C=O) groups excluding carboxylic acids is 1. The van der Waals surface area contributed by atoms with Gasteiger partial charge in [-0.2, -0.15) is 5.10 Å². The van der Waals surface area contributed by atoms with Gasteiger partial charge in [-0.3, -0.25) is 4.79 Å². The summed E-state index contributed by atoms with van der Waals surface area (Å²) in [6, 6.07) is 19.9. The minimum Gasteiger partial charge on any atom is -0.333 e. The van der Waals surface area contributed by atoms with E-state index in [1.165, 1.54) is 0 Å². The number of amides is 1. The third kappa shape index (κ3) is 4.58. The van der Waals surface area contributed by atoms with Gasteiger partial charge in [-0.05, 0) is 31.8 Å². The summed E-state index contributed by atoms with van der Waals surface area (Å²) in [6.07, 6.45) is 3.44. The smallest absolute Gasteiger partial charge is 0.257 e. The largest absolute Gasteiger partial charge is 0.333 e. The molecule has 0 saturated carbocycles. The van der Waals surface area contributed by atoms with Gasteiger partial charge in [0, 0.05) is 25.8 Å². The predicted molar refractivity (Wildman–Crippen MR) is 103 cm³/mol. The van der Waals surface area contributed by atoms with Gasteiger partial charge in [-0.25, -0.2) is 4.68 Å². The van der Waals surface area contributed by atoms with Crippen molar-refractivity contribution in [3.63, 3.8) is 0 Å². The van der Waals surface area contributed by atoms with Crippen LogP contribution < -0.4 is 0 Å². The third-order valence-corrected chi connectivity index (χ3v) is 4.17. The molecule has 0 N–H and O–H groups in total. The van der Waals surface area contributed by atoms with Gasteiger partial charge in [0.1, 0.15) is 0 Å². The Hall–Kier alpha value is -2.92. The van der Waals surface area contributed by atoms with E-state index >= 15 is 0 Å². The molecule has 0 fully saturated rings. The van der Waals surface area contributed by atoms with Gasteiger partial charge < -0.3 is 9.80 Å². The molecule has 0 spiro atoms. The van der Waals surface area contributed by atoms with Crippen LogP contribution in [0.5, 0.6) is 0 Å². The predicted octanol–water partition coefficient (Wildman–Crippen LogP) is 3.08. The quantitative estimate of drug-likeness (QED) is 0.659. The van der Waals surface area contributed by atoms with Gasteiger partial charge in [0.15, 0.2) is 0 Å². The van der Waals surface area contributed by atoms with Gasteiger partial charge in [0.2, 0.25) is 0 Å². The first-order chi connectivity index (χ1) is 12.6. The number of hydrogen-bond acceptors (Lipinski definition) is 3. The zero-order valence-electron chi connectivity index (χ0n) is 15.2. The van der Waals surface area contributed by atoms with Crippen LogP contribution in [0.1, 0.15) is 15.9 Å². The van der Waals surface area contributed by atoms with Crippen molar-refractivity contribution in [2.75, 3.05) is 27.2 Å². The normalized spacial score (nSPS) is 10.9. The molecule has 5 heteroatoms.